The van der Waals surface area contributed by atoms with E-state index in [1.54, 1.807) is 0 Å². The molecule has 2 aliphatic heterocycles. The topological polar surface area (TPSA) is 66.5 Å². The molecule has 5 nitrogen and oxygen atoms in total. The number of carbonyl (C=O) groups is 3. The van der Waals surface area contributed by atoms with Crippen molar-refractivity contribution in [3.8, 4) is 0 Å². The van der Waals surface area contributed by atoms with Gasteiger partial charge in [-0.25, -0.2) is 0 Å². The number of imide groups is 1. The number of amides is 3. The van der Waals surface area contributed by atoms with Crippen molar-refractivity contribution in [3.63, 3.8) is 0 Å². The minimum Gasteiger partial charge on any atom is -0.295 e. The first-order chi connectivity index (χ1) is 13.0. The Labute approximate surface area is 130 Å². The molecule has 0 saturated carbocycles. The number of benzene rings is 2. The van der Waals surface area contributed by atoms with Crippen molar-refractivity contribution in [2.24, 2.45) is 0 Å². The Kier molecular flexibility index (Phi) is 1.35. The molecule has 1 saturated heterocycles. The van der Waals surface area contributed by atoms with E-state index in [2.05, 4.69) is 0 Å². The molecule has 3 amide bonds. The Bertz CT molecular complexity index is 1140. The van der Waals surface area contributed by atoms with E-state index in [1.165, 1.54) is 0 Å². The van der Waals surface area contributed by atoms with Crippen molar-refractivity contribution in [3.05, 3.63) is 41.8 Å². The van der Waals surface area contributed by atoms with Crippen LogP contribution in [0, 0.1) is 0 Å². The normalized spacial score (nSPS) is 29.2. The number of hydrogen-bond acceptors (Lipinski definition) is 3. The molecule has 1 N–H and O–H groups in total. The van der Waals surface area contributed by atoms with Crippen molar-refractivity contribution < 1.29 is 24.0 Å². The van der Waals surface area contributed by atoms with Gasteiger partial charge >= 0.3 is 0 Å². The SMILES string of the molecule is [2H]c1c([2H])c2c3c(c([2H])c([2H])c([2H])c3c1[2H])N(C1([2H])CCC(=O)NC1=O)C2=O. The second-order valence-electron chi connectivity index (χ2n) is 4.69. The molecule has 5 heteroatoms. The summed E-state index contributed by atoms with van der Waals surface area (Å²) < 4.78 is 57.0. The third-order valence-electron chi connectivity index (χ3n) is 3.49. The fraction of sp³-hybridized carbons (Fsp3) is 0.188. The fourth-order valence-electron chi connectivity index (χ4n) is 2.57. The molecule has 21 heavy (non-hydrogen) atoms. The molecule has 0 bridgehead atoms. The van der Waals surface area contributed by atoms with Gasteiger partial charge in [0.25, 0.3) is 5.91 Å². The lowest BCUT2D eigenvalue weighted by atomic mass is 10.0. The zero-order chi connectivity index (χ0) is 20.7. The number of nitrogens with zero attached hydrogens (tertiary/aromatic N) is 1. The van der Waals surface area contributed by atoms with Crippen molar-refractivity contribution in [1.82, 2.24) is 5.32 Å². The van der Waals surface area contributed by atoms with Gasteiger partial charge in [-0.2, -0.15) is 0 Å². The monoisotopic (exact) mass is 287 g/mol. The summed E-state index contributed by atoms with van der Waals surface area (Å²) in [5.41, 5.74) is -0.707. The zero-order valence-corrected chi connectivity index (χ0v) is 10.6. The molecule has 1 unspecified atom stereocenters. The van der Waals surface area contributed by atoms with E-state index in [-0.39, 0.29) is 34.9 Å². The maximum absolute atomic E-state index is 13.1. The quantitative estimate of drug-likeness (QED) is 0.810. The summed E-state index contributed by atoms with van der Waals surface area (Å²) in [5.74, 6) is -2.70. The molecule has 2 aliphatic rings. The van der Waals surface area contributed by atoms with Crippen LogP contribution in [0.1, 0.15) is 32.8 Å². The molecule has 1 fully saturated rings. The van der Waals surface area contributed by atoms with Crippen LogP contribution < -0.4 is 10.2 Å². The molecule has 4 rings (SSSR count). The van der Waals surface area contributed by atoms with E-state index >= 15 is 0 Å². The van der Waals surface area contributed by atoms with Gasteiger partial charge in [0.1, 0.15) is 6.02 Å². The van der Waals surface area contributed by atoms with Gasteiger partial charge in [0.05, 0.1) is 15.3 Å². The van der Waals surface area contributed by atoms with Gasteiger partial charge in [-0.3, -0.25) is 24.6 Å². The molecule has 1 atom stereocenters. The van der Waals surface area contributed by atoms with Crippen LogP contribution in [0.4, 0.5) is 5.69 Å². The first-order valence-electron chi connectivity index (χ1n) is 9.74. The molecule has 104 valence electrons. The largest absolute Gasteiger partial charge is 0.295 e. The van der Waals surface area contributed by atoms with E-state index in [4.69, 9.17) is 9.60 Å². The number of nitrogens with one attached hydrogen (secondary N) is 1. The molecule has 2 aromatic carbocycles. The summed E-state index contributed by atoms with van der Waals surface area (Å²) in [5, 5.41) is 1.58. The number of rotatable bonds is 1. The molecule has 0 aliphatic carbocycles. The zero-order valence-electron chi connectivity index (χ0n) is 17.6. The molecule has 2 heterocycles. The summed E-state index contributed by atoms with van der Waals surface area (Å²) in [4.78, 5) is 37.7. The molecule has 2 aromatic rings. The van der Waals surface area contributed by atoms with Gasteiger partial charge in [-0.05, 0) is 23.9 Å². The average molecular weight is 287 g/mol. The van der Waals surface area contributed by atoms with Crippen LogP contribution in [-0.4, -0.2) is 23.7 Å². The van der Waals surface area contributed by atoms with E-state index in [0.717, 1.165) is 0 Å². The van der Waals surface area contributed by atoms with Crippen LogP contribution in [0.3, 0.4) is 0 Å². The highest BCUT2D eigenvalue weighted by atomic mass is 16.2. The maximum Gasteiger partial charge on any atom is 0.259 e. The van der Waals surface area contributed by atoms with Crippen molar-refractivity contribution in [2.45, 2.75) is 18.9 Å². The Morgan fingerprint density at radius 2 is 1.95 bits per heavy atom. The molecular formula is C16H12N2O3. The van der Waals surface area contributed by atoms with Crippen LogP contribution in [0.25, 0.3) is 10.8 Å². The van der Waals surface area contributed by atoms with Crippen LogP contribution in [0.15, 0.2) is 36.3 Å². The minimum atomic E-state index is -2.31. The molecule has 0 radical (unpaired) electrons. The lowest BCUT2D eigenvalue weighted by Gasteiger charge is -2.30. The van der Waals surface area contributed by atoms with Gasteiger partial charge in [0.15, 0.2) is 0 Å². The lowest BCUT2D eigenvalue weighted by molar-refractivity contribution is -0.134. The summed E-state index contributed by atoms with van der Waals surface area (Å²) in [6.45, 7) is 0. The third kappa shape index (κ3) is 1.60. The van der Waals surface area contributed by atoms with Crippen LogP contribution in [0.2, 0.25) is 0 Å². The molecule has 0 aromatic heterocycles. The van der Waals surface area contributed by atoms with Gasteiger partial charge in [-0.1, -0.05) is 24.2 Å². The molecule has 0 spiro atoms. The van der Waals surface area contributed by atoms with Crippen LogP contribution in [0.5, 0.6) is 0 Å². The Hall–Kier alpha value is -2.69. The Morgan fingerprint density at radius 1 is 1.19 bits per heavy atom. The number of hydrogen-bond donors (Lipinski definition) is 1. The van der Waals surface area contributed by atoms with Crippen molar-refractivity contribution >= 4 is 34.2 Å². The van der Waals surface area contributed by atoms with E-state index < -0.39 is 60.0 Å². The van der Waals surface area contributed by atoms with Gasteiger partial charge < -0.3 is 0 Å². The molecular weight excluding hydrogens is 268 g/mol. The number of carbonyl (C=O) groups excluding carboxylic acids is 3. The minimum absolute atomic E-state index is 0.154. The number of piperidine rings is 1. The summed E-state index contributed by atoms with van der Waals surface area (Å²) in [7, 11) is 0. The number of anilines is 1. The highest BCUT2D eigenvalue weighted by Gasteiger charge is 2.40. The van der Waals surface area contributed by atoms with Crippen LogP contribution in [-0.2, 0) is 9.59 Å². The van der Waals surface area contributed by atoms with E-state index in [9.17, 15) is 14.4 Å². The van der Waals surface area contributed by atoms with Gasteiger partial charge in [0, 0.05) is 17.4 Å². The summed E-state index contributed by atoms with van der Waals surface area (Å²) >= 11 is 0. The average Bonchev–Trinajstić information content (AvgIpc) is 2.95. The highest BCUT2D eigenvalue weighted by molar-refractivity contribution is 6.27. The first kappa shape index (κ1) is 6.85. The van der Waals surface area contributed by atoms with Crippen LogP contribution >= 0.6 is 0 Å². The van der Waals surface area contributed by atoms with Crippen molar-refractivity contribution in [1.29, 1.82) is 0 Å². The Morgan fingerprint density at radius 3 is 2.71 bits per heavy atom. The van der Waals surface area contributed by atoms with E-state index in [1.807, 2.05) is 5.32 Å². The smallest absolute Gasteiger partial charge is 0.259 e. The third-order valence-corrected chi connectivity index (χ3v) is 3.49. The Balaban J connectivity index is 2.13. The highest BCUT2D eigenvalue weighted by Crippen LogP contribution is 2.39. The lowest BCUT2D eigenvalue weighted by Crippen LogP contribution is -2.53. The predicted octanol–water partition coefficient (Wildman–Crippen LogP) is 1.61. The van der Waals surface area contributed by atoms with Crippen molar-refractivity contribution in [2.75, 3.05) is 4.90 Å². The van der Waals surface area contributed by atoms with E-state index in [0.29, 0.717) is 4.90 Å². The summed E-state index contributed by atoms with van der Waals surface area (Å²) in [6.07, 6.45) is -0.583. The maximum atomic E-state index is 13.1. The predicted molar refractivity (Wildman–Crippen MR) is 76.9 cm³/mol. The van der Waals surface area contributed by atoms with Gasteiger partial charge in [-0.15, -0.1) is 0 Å². The second kappa shape index (κ2) is 4.15. The fourth-order valence-corrected chi connectivity index (χ4v) is 2.57. The second-order valence-corrected chi connectivity index (χ2v) is 4.69. The standard InChI is InChI=1S/C16H12N2O3/c19-13-8-7-12(15(20)17-13)18-11-6-2-4-9-3-1-5-10(14(9)11)16(18)21/h1-6,12H,7-8H2,(H,17,19,20)/i1D,2D,3D,4D,5D,6D,12D. The summed E-state index contributed by atoms with van der Waals surface area (Å²) in [6, 6.07) is -5.86. The van der Waals surface area contributed by atoms with Gasteiger partial charge in [0.2, 0.25) is 11.8 Å². The first-order valence-corrected chi connectivity index (χ1v) is 6.24.